The number of carbonyl (C=O) groups excluding carboxylic acids is 4. The highest BCUT2D eigenvalue weighted by Crippen LogP contribution is 2.02. The van der Waals surface area contributed by atoms with Gasteiger partial charge in [0.05, 0.1) is 12.2 Å². The molecule has 0 heterocycles. The summed E-state index contributed by atoms with van der Waals surface area (Å²) in [6.45, 7) is 9.33. The van der Waals surface area contributed by atoms with E-state index in [4.69, 9.17) is 18.9 Å². The van der Waals surface area contributed by atoms with Crippen LogP contribution in [0.4, 0.5) is 0 Å². The molecule has 2 unspecified atom stereocenters. The van der Waals surface area contributed by atoms with Crippen molar-refractivity contribution in [2.75, 3.05) is 0 Å². The van der Waals surface area contributed by atoms with Crippen LogP contribution in [0.2, 0.25) is 0 Å². The van der Waals surface area contributed by atoms with Gasteiger partial charge < -0.3 is 18.9 Å². The molecule has 0 spiro atoms. The third kappa shape index (κ3) is 9.60. The van der Waals surface area contributed by atoms with E-state index in [-0.39, 0.29) is 12.2 Å². The Hall–Kier alpha value is -2.38. The van der Waals surface area contributed by atoms with Gasteiger partial charge in [-0.1, -0.05) is 0 Å². The minimum atomic E-state index is -1.11. The summed E-state index contributed by atoms with van der Waals surface area (Å²) in [7, 11) is 0. The first-order valence-electron chi connectivity index (χ1n) is 7.53. The maximum Gasteiger partial charge on any atom is 0.347 e. The molecule has 0 aromatic heterocycles. The Kier molecular flexibility index (Phi) is 9.37. The molecule has 8 heteroatoms. The number of ether oxygens (including phenoxy) is 4. The van der Waals surface area contributed by atoms with Crippen LogP contribution in [-0.4, -0.2) is 48.3 Å². The molecular weight excluding hydrogens is 320 g/mol. The SMILES string of the molecule is CC(C)OC(=O)C(C)OC(=O)/C=C/C(=O)OC(C)C(=O)OC(C)C. The van der Waals surface area contributed by atoms with Crippen molar-refractivity contribution in [2.24, 2.45) is 0 Å². The second-order valence-corrected chi connectivity index (χ2v) is 5.46. The Balaban J connectivity index is 4.37. The average molecular weight is 344 g/mol. The van der Waals surface area contributed by atoms with Gasteiger partial charge in [0.15, 0.2) is 12.2 Å². The highest BCUT2D eigenvalue weighted by molar-refractivity contribution is 5.93. The van der Waals surface area contributed by atoms with E-state index in [0.29, 0.717) is 0 Å². The fourth-order valence-electron chi connectivity index (χ4n) is 1.32. The highest BCUT2D eigenvalue weighted by atomic mass is 16.6. The first kappa shape index (κ1) is 21.6. The number of rotatable bonds is 8. The summed E-state index contributed by atoms with van der Waals surface area (Å²) in [5.41, 5.74) is 0. The summed E-state index contributed by atoms with van der Waals surface area (Å²) >= 11 is 0. The Labute approximate surface area is 141 Å². The van der Waals surface area contributed by atoms with Crippen molar-refractivity contribution < 1.29 is 38.1 Å². The minimum absolute atomic E-state index is 0.337. The van der Waals surface area contributed by atoms with Crippen LogP contribution in [0, 0.1) is 0 Å². The zero-order valence-corrected chi connectivity index (χ0v) is 14.7. The van der Waals surface area contributed by atoms with E-state index in [1.165, 1.54) is 13.8 Å². The summed E-state index contributed by atoms with van der Waals surface area (Å²) in [6, 6.07) is 0. The Bertz CT molecular complexity index is 448. The van der Waals surface area contributed by atoms with Gasteiger partial charge in [-0.05, 0) is 41.5 Å². The van der Waals surface area contributed by atoms with Crippen molar-refractivity contribution in [1.82, 2.24) is 0 Å². The van der Waals surface area contributed by atoms with E-state index in [9.17, 15) is 19.2 Å². The third-order valence-corrected chi connectivity index (χ3v) is 2.31. The van der Waals surface area contributed by atoms with Crippen LogP contribution < -0.4 is 0 Å². The minimum Gasteiger partial charge on any atom is -0.460 e. The molecule has 0 aliphatic carbocycles. The van der Waals surface area contributed by atoms with Crippen LogP contribution in [0.25, 0.3) is 0 Å². The number of hydrogen-bond acceptors (Lipinski definition) is 8. The molecule has 0 saturated heterocycles. The van der Waals surface area contributed by atoms with Gasteiger partial charge in [-0.15, -0.1) is 0 Å². The Morgan fingerprint density at radius 3 is 1.12 bits per heavy atom. The molecule has 136 valence electrons. The Morgan fingerprint density at radius 1 is 0.583 bits per heavy atom. The summed E-state index contributed by atoms with van der Waals surface area (Å²) in [6.07, 6.45) is -1.31. The zero-order valence-electron chi connectivity index (χ0n) is 14.7. The summed E-state index contributed by atoms with van der Waals surface area (Å²) in [5.74, 6) is -3.23. The molecule has 8 nitrogen and oxygen atoms in total. The predicted molar refractivity (Wildman–Crippen MR) is 82.7 cm³/mol. The van der Waals surface area contributed by atoms with Crippen LogP contribution in [0.15, 0.2) is 12.2 Å². The number of esters is 4. The average Bonchev–Trinajstić information content (AvgIpc) is 2.43. The first-order valence-corrected chi connectivity index (χ1v) is 7.53. The van der Waals surface area contributed by atoms with Gasteiger partial charge in [-0.2, -0.15) is 0 Å². The molecule has 0 rings (SSSR count). The van der Waals surface area contributed by atoms with E-state index in [0.717, 1.165) is 12.2 Å². The molecule has 0 radical (unpaired) electrons. The van der Waals surface area contributed by atoms with Crippen LogP contribution >= 0.6 is 0 Å². The van der Waals surface area contributed by atoms with Gasteiger partial charge in [0, 0.05) is 12.2 Å². The molecule has 0 aromatic rings. The smallest absolute Gasteiger partial charge is 0.347 e. The maximum atomic E-state index is 11.5. The fraction of sp³-hybridized carbons (Fsp3) is 0.625. The van der Waals surface area contributed by atoms with Crippen LogP contribution in [0.1, 0.15) is 41.5 Å². The molecule has 2 atom stereocenters. The molecule has 0 bridgehead atoms. The molecule has 0 fully saturated rings. The van der Waals surface area contributed by atoms with Gasteiger partial charge in [0.25, 0.3) is 0 Å². The summed E-state index contributed by atoms with van der Waals surface area (Å²) < 4.78 is 19.3. The standard InChI is InChI=1S/C16H24O8/c1-9(2)21-15(19)11(5)23-13(17)7-8-14(18)24-12(6)16(20)22-10(3)4/h7-12H,1-6H3/b8-7+. The van der Waals surface area contributed by atoms with Crippen LogP contribution in [0.5, 0.6) is 0 Å². The third-order valence-electron chi connectivity index (χ3n) is 2.31. The van der Waals surface area contributed by atoms with Crippen molar-refractivity contribution in [3.63, 3.8) is 0 Å². The van der Waals surface area contributed by atoms with Crippen molar-refractivity contribution in [3.05, 3.63) is 12.2 Å². The molecule has 0 N–H and O–H groups in total. The van der Waals surface area contributed by atoms with E-state index >= 15 is 0 Å². The number of carbonyl (C=O) groups is 4. The Morgan fingerprint density at radius 2 is 0.875 bits per heavy atom. The first-order chi connectivity index (χ1) is 11.0. The molecule has 24 heavy (non-hydrogen) atoms. The lowest BCUT2D eigenvalue weighted by Crippen LogP contribution is -2.28. The molecule has 0 amide bonds. The van der Waals surface area contributed by atoms with Gasteiger partial charge in [0.2, 0.25) is 0 Å². The fourth-order valence-corrected chi connectivity index (χ4v) is 1.32. The predicted octanol–water partition coefficient (Wildman–Crippen LogP) is 1.31. The lowest BCUT2D eigenvalue weighted by Gasteiger charge is -2.14. The van der Waals surface area contributed by atoms with Crippen molar-refractivity contribution in [2.45, 2.75) is 66.0 Å². The zero-order chi connectivity index (χ0) is 18.9. The van der Waals surface area contributed by atoms with Crippen molar-refractivity contribution >= 4 is 23.9 Å². The monoisotopic (exact) mass is 344 g/mol. The molecule has 0 saturated carbocycles. The van der Waals surface area contributed by atoms with Crippen molar-refractivity contribution in [3.8, 4) is 0 Å². The molecular formula is C16H24O8. The molecule has 0 aliphatic heterocycles. The lowest BCUT2D eigenvalue weighted by atomic mass is 10.4. The quantitative estimate of drug-likeness (QED) is 0.369. The van der Waals surface area contributed by atoms with Crippen LogP contribution in [-0.2, 0) is 38.1 Å². The van der Waals surface area contributed by atoms with Gasteiger partial charge in [0.1, 0.15) is 0 Å². The van der Waals surface area contributed by atoms with E-state index in [1.54, 1.807) is 27.7 Å². The molecule has 0 aliphatic rings. The topological polar surface area (TPSA) is 105 Å². The van der Waals surface area contributed by atoms with Gasteiger partial charge in [-0.3, -0.25) is 0 Å². The second-order valence-electron chi connectivity index (χ2n) is 5.46. The van der Waals surface area contributed by atoms with E-state index < -0.39 is 36.1 Å². The van der Waals surface area contributed by atoms with E-state index in [2.05, 4.69) is 0 Å². The number of hydrogen-bond donors (Lipinski definition) is 0. The maximum absolute atomic E-state index is 11.5. The lowest BCUT2D eigenvalue weighted by molar-refractivity contribution is -0.167. The van der Waals surface area contributed by atoms with Crippen molar-refractivity contribution in [1.29, 1.82) is 0 Å². The van der Waals surface area contributed by atoms with E-state index in [1.807, 2.05) is 0 Å². The van der Waals surface area contributed by atoms with Crippen LogP contribution in [0.3, 0.4) is 0 Å². The van der Waals surface area contributed by atoms with Gasteiger partial charge >= 0.3 is 23.9 Å². The normalized spacial score (nSPS) is 13.5. The van der Waals surface area contributed by atoms with Gasteiger partial charge in [-0.25, -0.2) is 19.2 Å². The second kappa shape index (κ2) is 10.4. The highest BCUT2D eigenvalue weighted by Gasteiger charge is 2.21. The largest absolute Gasteiger partial charge is 0.460 e. The summed E-state index contributed by atoms with van der Waals surface area (Å²) in [5, 5.41) is 0. The summed E-state index contributed by atoms with van der Waals surface area (Å²) in [4.78, 5) is 45.9. The molecule has 0 aromatic carbocycles.